The van der Waals surface area contributed by atoms with Crippen LogP contribution in [0, 0.1) is 0 Å². The normalized spacial score (nSPS) is 16.5. The molecule has 5 nitrogen and oxygen atoms in total. The predicted molar refractivity (Wildman–Crippen MR) is 113 cm³/mol. The SMILES string of the molecule is CN(Cc1ccc(Cl)cc1)C(=O)[C@H]1CCCN1C(=O)Nc1ccc(C(F)(F)F)cc1C(F)(F)F. The Bertz CT molecular complexity index is 1060. The molecule has 1 N–H and O–H groups in total. The van der Waals surface area contributed by atoms with Crippen molar-refractivity contribution >= 4 is 29.2 Å². The van der Waals surface area contributed by atoms with Gasteiger partial charge in [-0.2, -0.15) is 26.3 Å². The molecule has 0 unspecified atom stereocenters. The lowest BCUT2D eigenvalue weighted by atomic mass is 10.1. The Morgan fingerprint density at radius 3 is 2.29 bits per heavy atom. The molecule has 1 fully saturated rings. The first-order chi connectivity index (χ1) is 15.8. The fraction of sp³-hybridized carbons (Fsp3) is 0.364. The third-order valence-electron chi connectivity index (χ3n) is 5.40. The van der Waals surface area contributed by atoms with Crippen LogP contribution in [0.2, 0.25) is 5.02 Å². The maximum atomic E-state index is 13.4. The topological polar surface area (TPSA) is 52.7 Å². The second-order valence-electron chi connectivity index (χ2n) is 7.86. The van der Waals surface area contributed by atoms with Crippen LogP contribution in [0.25, 0.3) is 0 Å². The molecule has 1 saturated heterocycles. The molecule has 0 aromatic heterocycles. The Morgan fingerprint density at radius 1 is 1.06 bits per heavy atom. The summed E-state index contributed by atoms with van der Waals surface area (Å²) in [6, 6.07) is 5.83. The summed E-state index contributed by atoms with van der Waals surface area (Å²) in [5.74, 6) is -0.411. The van der Waals surface area contributed by atoms with E-state index in [1.165, 1.54) is 11.9 Å². The molecule has 184 valence electrons. The molecule has 0 aliphatic carbocycles. The number of urea groups is 1. The minimum absolute atomic E-state index is 0.0534. The second kappa shape index (κ2) is 9.73. The van der Waals surface area contributed by atoms with E-state index in [4.69, 9.17) is 11.6 Å². The standard InChI is InChI=1S/C22H20ClF6N3O2/c1-31(12-13-4-7-15(23)8-5-13)19(33)18-3-2-10-32(18)20(34)30-17-9-6-14(21(24,25)26)11-16(17)22(27,28)29/h4-9,11,18H,2-3,10,12H2,1H3,(H,30,34)/t18-/m1/s1. The summed E-state index contributed by atoms with van der Waals surface area (Å²) in [6.45, 7) is 0.331. The number of amides is 3. The Kier molecular flexibility index (Phi) is 7.35. The predicted octanol–water partition coefficient (Wildman–Crippen LogP) is 6.03. The van der Waals surface area contributed by atoms with Crippen LogP contribution in [0.4, 0.5) is 36.8 Å². The first kappa shape index (κ1) is 25.7. The van der Waals surface area contributed by atoms with Crippen molar-refractivity contribution in [1.82, 2.24) is 9.80 Å². The maximum Gasteiger partial charge on any atom is 0.418 e. The van der Waals surface area contributed by atoms with Gasteiger partial charge in [-0.1, -0.05) is 23.7 Å². The van der Waals surface area contributed by atoms with Crippen LogP contribution < -0.4 is 5.32 Å². The summed E-state index contributed by atoms with van der Waals surface area (Å²) in [4.78, 5) is 28.2. The second-order valence-corrected chi connectivity index (χ2v) is 8.29. The Hall–Kier alpha value is -2.95. The average Bonchev–Trinajstić information content (AvgIpc) is 3.23. The number of carbonyl (C=O) groups is 2. The highest BCUT2D eigenvalue weighted by atomic mass is 35.5. The summed E-state index contributed by atoms with van der Waals surface area (Å²) in [5.41, 5.74) is -3.15. The van der Waals surface area contributed by atoms with Crippen molar-refractivity contribution in [3.05, 3.63) is 64.2 Å². The van der Waals surface area contributed by atoms with Crippen molar-refractivity contribution < 1.29 is 35.9 Å². The van der Waals surface area contributed by atoms with Crippen LogP contribution in [0.3, 0.4) is 0 Å². The molecule has 34 heavy (non-hydrogen) atoms. The first-order valence-electron chi connectivity index (χ1n) is 10.1. The molecule has 1 atom stereocenters. The van der Waals surface area contributed by atoms with Gasteiger partial charge in [-0.05, 0) is 48.7 Å². The summed E-state index contributed by atoms with van der Waals surface area (Å²) < 4.78 is 78.8. The van der Waals surface area contributed by atoms with Gasteiger partial charge in [0.05, 0.1) is 16.8 Å². The summed E-state index contributed by atoms with van der Waals surface area (Å²) in [7, 11) is 1.53. The summed E-state index contributed by atoms with van der Waals surface area (Å²) in [6.07, 6.45) is -9.37. The molecular formula is C22H20ClF6N3O2. The van der Waals surface area contributed by atoms with Gasteiger partial charge in [-0.3, -0.25) is 4.79 Å². The number of nitrogens with one attached hydrogen (secondary N) is 1. The van der Waals surface area contributed by atoms with Gasteiger partial charge in [-0.25, -0.2) is 4.79 Å². The number of rotatable bonds is 4. The largest absolute Gasteiger partial charge is 0.418 e. The van der Waals surface area contributed by atoms with E-state index < -0.39 is 47.1 Å². The van der Waals surface area contributed by atoms with Gasteiger partial charge in [0, 0.05) is 25.2 Å². The van der Waals surface area contributed by atoms with Crippen LogP contribution >= 0.6 is 11.6 Å². The molecule has 12 heteroatoms. The summed E-state index contributed by atoms with van der Waals surface area (Å²) in [5, 5.41) is 2.56. The van der Waals surface area contributed by atoms with Crippen LogP contribution in [0.1, 0.15) is 29.5 Å². The van der Waals surface area contributed by atoms with E-state index in [1.807, 2.05) is 5.32 Å². The number of halogens is 7. The maximum absolute atomic E-state index is 13.4. The van der Waals surface area contributed by atoms with Gasteiger partial charge in [0.15, 0.2) is 0 Å². The highest BCUT2D eigenvalue weighted by Crippen LogP contribution is 2.39. The van der Waals surface area contributed by atoms with Crippen LogP contribution in [0.5, 0.6) is 0 Å². The van der Waals surface area contributed by atoms with Gasteiger partial charge in [0.2, 0.25) is 5.91 Å². The van der Waals surface area contributed by atoms with Gasteiger partial charge < -0.3 is 15.1 Å². The Labute approximate surface area is 196 Å². The minimum atomic E-state index is -5.14. The van der Waals surface area contributed by atoms with E-state index in [0.29, 0.717) is 30.0 Å². The zero-order chi connectivity index (χ0) is 25.3. The molecule has 0 saturated carbocycles. The number of alkyl halides is 6. The van der Waals surface area contributed by atoms with Gasteiger partial charge in [0.1, 0.15) is 6.04 Å². The van der Waals surface area contributed by atoms with E-state index in [-0.39, 0.29) is 19.2 Å². The monoisotopic (exact) mass is 507 g/mol. The smallest absolute Gasteiger partial charge is 0.340 e. The van der Waals surface area contributed by atoms with Gasteiger partial charge >= 0.3 is 18.4 Å². The minimum Gasteiger partial charge on any atom is -0.340 e. The Balaban J connectivity index is 1.76. The summed E-state index contributed by atoms with van der Waals surface area (Å²) >= 11 is 5.85. The lowest BCUT2D eigenvalue weighted by molar-refractivity contribution is -0.142. The molecule has 0 radical (unpaired) electrons. The number of anilines is 1. The zero-order valence-corrected chi connectivity index (χ0v) is 18.6. The third-order valence-corrected chi connectivity index (χ3v) is 5.65. The molecule has 2 aromatic carbocycles. The number of likely N-dealkylation sites (N-methyl/N-ethyl adjacent to an activating group) is 1. The molecule has 2 aromatic rings. The van der Waals surface area contributed by atoms with E-state index in [9.17, 15) is 35.9 Å². The van der Waals surface area contributed by atoms with Crippen molar-refractivity contribution in [2.75, 3.05) is 18.9 Å². The van der Waals surface area contributed by atoms with E-state index in [2.05, 4.69) is 0 Å². The molecule has 0 spiro atoms. The van der Waals surface area contributed by atoms with Crippen LogP contribution in [0.15, 0.2) is 42.5 Å². The lowest BCUT2D eigenvalue weighted by Crippen LogP contribution is -2.47. The number of nitrogens with zero attached hydrogens (tertiary/aromatic N) is 2. The van der Waals surface area contributed by atoms with Crippen LogP contribution in [-0.2, 0) is 23.7 Å². The fourth-order valence-corrected chi connectivity index (χ4v) is 3.84. The van der Waals surface area contributed by atoms with Crippen molar-refractivity contribution in [3.63, 3.8) is 0 Å². The average molecular weight is 508 g/mol. The van der Waals surface area contributed by atoms with Crippen molar-refractivity contribution in [2.45, 2.75) is 37.8 Å². The molecule has 3 rings (SSSR count). The zero-order valence-electron chi connectivity index (χ0n) is 17.8. The number of benzene rings is 2. The number of carbonyl (C=O) groups excluding carboxylic acids is 2. The van der Waals surface area contributed by atoms with Crippen molar-refractivity contribution in [2.24, 2.45) is 0 Å². The third kappa shape index (κ3) is 5.94. The first-order valence-corrected chi connectivity index (χ1v) is 10.5. The molecule has 1 heterocycles. The number of likely N-dealkylation sites (tertiary alicyclic amines) is 1. The van der Waals surface area contributed by atoms with Gasteiger partial charge in [0.25, 0.3) is 0 Å². The van der Waals surface area contributed by atoms with E-state index in [1.54, 1.807) is 24.3 Å². The van der Waals surface area contributed by atoms with Crippen LogP contribution in [-0.4, -0.2) is 41.4 Å². The fourth-order valence-electron chi connectivity index (χ4n) is 3.71. The number of hydrogen-bond donors (Lipinski definition) is 1. The molecule has 3 amide bonds. The van der Waals surface area contributed by atoms with Crippen molar-refractivity contribution in [3.8, 4) is 0 Å². The molecule has 1 aliphatic heterocycles. The highest BCUT2D eigenvalue weighted by Gasteiger charge is 2.40. The quantitative estimate of drug-likeness (QED) is 0.514. The van der Waals surface area contributed by atoms with E-state index >= 15 is 0 Å². The molecule has 1 aliphatic rings. The molecular weight excluding hydrogens is 488 g/mol. The highest BCUT2D eigenvalue weighted by molar-refractivity contribution is 6.30. The Morgan fingerprint density at radius 2 is 1.71 bits per heavy atom. The van der Waals surface area contributed by atoms with E-state index in [0.717, 1.165) is 10.5 Å². The molecule has 0 bridgehead atoms. The number of hydrogen-bond acceptors (Lipinski definition) is 2. The van der Waals surface area contributed by atoms with Crippen molar-refractivity contribution in [1.29, 1.82) is 0 Å². The van der Waals surface area contributed by atoms with Gasteiger partial charge in [-0.15, -0.1) is 0 Å². The lowest BCUT2D eigenvalue weighted by Gasteiger charge is -2.28.